The van der Waals surface area contributed by atoms with E-state index in [4.69, 9.17) is 11.6 Å². The summed E-state index contributed by atoms with van der Waals surface area (Å²) in [4.78, 5) is 38.0. The van der Waals surface area contributed by atoms with E-state index in [1.54, 1.807) is 29.2 Å². The molecule has 0 bridgehead atoms. The van der Waals surface area contributed by atoms with Gasteiger partial charge in [0.25, 0.3) is 0 Å². The lowest BCUT2D eigenvalue weighted by Crippen LogP contribution is -2.39. The first kappa shape index (κ1) is 19.2. The highest BCUT2D eigenvalue weighted by Crippen LogP contribution is 2.26. The van der Waals surface area contributed by atoms with Gasteiger partial charge in [0.2, 0.25) is 17.7 Å². The Bertz CT molecular complexity index is 633. The zero-order chi connectivity index (χ0) is 18.4. The molecule has 6 nitrogen and oxygen atoms in total. The van der Waals surface area contributed by atoms with Gasteiger partial charge in [-0.05, 0) is 44.0 Å². The van der Waals surface area contributed by atoms with Crippen LogP contribution >= 0.6 is 11.6 Å². The molecule has 25 heavy (non-hydrogen) atoms. The number of anilines is 1. The molecule has 1 aromatic rings. The van der Waals surface area contributed by atoms with Crippen LogP contribution in [-0.4, -0.2) is 36.9 Å². The highest BCUT2D eigenvalue weighted by molar-refractivity contribution is 6.30. The number of amides is 3. The molecule has 0 radical (unpaired) electrons. The summed E-state index contributed by atoms with van der Waals surface area (Å²) in [6.45, 7) is 4.64. The lowest BCUT2D eigenvalue weighted by molar-refractivity contribution is -0.132. The Morgan fingerprint density at radius 1 is 1.32 bits per heavy atom. The van der Waals surface area contributed by atoms with Gasteiger partial charge in [-0.1, -0.05) is 18.5 Å². The Kier molecular flexibility index (Phi) is 6.82. The highest BCUT2D eigenvalue weighted by atomic mass is 35.5. The summed E-state index contributed by atoms with van der Waals surface area (Å²) in [7, 11) is 0. The Morgan fingerprint density at radius 3 is 2.64 bits per heavy atom. The molecule has 0 aliphatic carbocycles. The van der Waals surface area contributed by atoms with Crippen molar-refractivity contribution < 1.29 is 14.4 Å². The third kappa shape index (κ3) is 5.19. The molecule has 136 valence electrons. The Morgan fingerprint density at radius 2 is 2.00 bits per heavy atom. The molecule has 2 unspecified atom stereocenters. The lowest BCUT2D eigenvalue weighted by atomic mass is 10.1. The molecule has 1 aliphatic heterocycles. The molecule has 0 aromatic heterocycles. The first-order chi connectivity index (χ1) is 11.9. The van der Waals surface area contributed by atoms with Crippen molar-refractivity contribution in [1.82, 2.24) is 10.6 Å². The van der Waals surface area contributed by atoms with E-state index in [0.717, 1.165) is 12.1 Å². The van der Waals surface area contributed by atoms with E-state index in [0.29, 0.717) is 18.0 Å². The predicted octanol–water partition coefficient (Wildman–Crippen LogP) is 2.11. The fourth-order valence-electron chi connectivity index (χ4n) is 2.67. The van der Waals surface area contributed by atoms with Gasteiger partial charge < -0.3 is 15.5 Å². The normalized spacial score (nSPS) is 18.1. The van der Waals surface area contributed by atoms with E-state index >= 15 is 0 Å². The molecule has 1 fully saturated rings. The second-order valence-corrected chi connectivity index (χ2v) is 6.66. The highest BCUT2D eigenvalue weighted by Gasteiger charge is 2.37. The molecule has 1 aliphatic rings. The molecule has 1 saturated heterocycles. The summed E-state index contributed by atoms with van der Waals surface area (Å²) in [5, 5.41) is 6.13. The number of carbonyl (C=O) groups is 3. The fraction of sp³-hybridized carbons (Fsp3) is 0.500. The molecule has 1 aromatic carbocycles. The van der Waals surface area contributed by atoms with E-state index in [-0.39, 0.29) is 36.7 Å². The van der Waals surface area contributed by atoms with Gasteiger partial charge in [-0.25, -0.2) is 0 Å². The number of rotatable bonds is 7. The number of carbonyl (C=O) groups excluding carboxylic acids is 3. The summed E-state index contributed by atoms with van der Waals surface area (Å²) in [6.07, 6.45) is 1.53. The minimum atomic E-state index is -0.701. The standard InChI is InChI=1S/C18H24ClN3O3/c1-3-12(2)21-16(23)8-10-20-17(24)15-9-11-22(18(15)25)14-6-4-13(19)5-7-14/h4-7,12,15H,3,8-11H2,1-2H3,(H,20,24)(H,21,23). The van der Waals surface area contributed by atoms with Crippen LogP contribution < -0.4 is 15.5 Å². The molecule has 7 heteroatoms. The van der Waals surface area contributed by atoms with Crippen LogP contribution in [0.3, 0.4) is 0 Å². The molecule has 1 heterocycles. The lowest BCUT2D eigenvalue weighted by Gasteiger charge is -2.17. The third-order valence-corrected chi connectivity index (χ3v) is 4.58. The van der Waals surface area contributed by atoms with E-state index in [1.807, 2.05) is 13.8 Å². The summed E-state index contributed by atoms with van der Waals surface area (Å²) < 4.78 is 0. The van der Waals surface area contributed by atoms with Crippen molar-refractivity contribution in [2.45, 2.75) is 39.2 Å². The fourth-order valence-corrected chi connectivity index (χ4v) is 2.80. The number of benzene rings is 1. The third-order valence-electron chi connectivity index (χ3n) is 4.33. The van der Waals surface area contributed by atoms with Crippen LogP contribution in [0.1, 0.15) is 33.1 Å². The molecule has 2 N–H and O–H groups in total. The van der Waals surface area contributed by atoms with Gasteiger partial charge in [-0.3, -0.25) is 14.4 Å². The van der Waals surface area contributed by atoms with Crippen molar-refractivity contribution in [1.29, 1.82) is 0 Å². The van der Waals surface area contributed by atoms with Gasteiger partial charge in [-0.15, -0.1) is 0 Å². The summed E-state index contributed by atoms with van der Waals surface area (Å²) in [5.41, 5.74) is 0.734. The van der Waals surface area contributed by atoms with Crippen LogP contribution in [0, 0.1) is 5.92 Å². The number of nitrogens with one attached hydrogen (secondary N) is 2. The summed E-state index contributed by atoms with van der Waals surface area (Å²) in [6, 6.07) is 7.08. The number of nitrogens with zero attached hydrogens (tertiary/aromatic N) is 1. The Hall–Kier alpha value is -2.08. The van der Waals surface area contributed by atoms with Crippen LogP contribution in [-0.2, 0) is 14.4 Å². The van der Waals surface area contributed by atoms with Gasteiger partial charge in [-0.2, -0.15) is 0 Å². The van der Waals surface area contributed by atoms with Crippen LogP contribution in [0.2, 0.25) is 5.02 Å². The number of hydrogen-bond donors (Lipinski definition) is 2. The largest absolute Gasteiger partial charge is 0.355 e. The van der Waals surface area contributed by atoms with Crippen molar-refractivity contribution in [3.63, 3.8) is 0 Å². The first-order valence-corrected chi connectivity index (χ1v) is 8.94. The molecule has 0 spiro atoms. The minimum Gasteiger partial charge on any atom is -0.355 e. The SMILES string of the molecule is CCC(C)NC(=O)CCNC(=O)C1CCN(c2ccc(Cl)cc2)C1=O. The number of hydrogen-bond acceptors (Lipinski definition) is 3. The monoisotopic (exact) mass is 365 g/mol. The van der Waals surface area contributed by atoms with E-state index in [9.17, 15) is 14.4 Å². The first-order valence-electron chi connectivity index (χ1n) is 8.56. The van der Waals surface area contributed by atoms with Gasteiger partial charge in [0.15, 0.2) is 0 Å². The molecule has 0 saturated carbocycles. The van der Waals surface area contributed by atoms with E-state index in [2.05, 4.69) is 10.6 Å². The van der Waals surface area contributed by atoms with Crippen LogP contribution in [0.5, 0.6) is 0 Å². The average Bonchev–Trinajstić information content (AvgIpc) is 2.97. The van der Waals surface area contributed by atoms with E-state index in [1.165, 1.54) is 0 Å². The van der Waals surface area contributed by atoms with Crippen LogP contribution in [0.25, 0.3) is 0 Å². The average molecular weight is 366 g/mol. The van der Waals surface area contributed by atoms with Crippen LogP contribution in [0.4, 0.5) is 5.69 Å². The van der Waals surface area contributed by atoms with Crippen molar-refractivity contribution >= 4 is 35.0 Å². The minimum absolute atomic E-state index is 0.102. The van der Waals surface area contributed by atoms with Crippen molar-refractivity contribution in [3.05, 3.63) is 29.3 Å². The second-order valence-electron chi connectivity index (χ2n) is 6.23. The van der Waals surface area contributed by atoms with Gasteiger partial charge >= 0.3 is 0 Å². The Labute approximate surface area is 152 Å². The maximum absolute atomic E-state index is 12.5. The molecule has 2 atom stereocenters. The maximum atomic E-state index is 12.5. The quantitative estimate of drug-likeness (QED) is 0.726. The Balaban J connectivity index is 1.82. The zero-order valence-electron chi connectivity index (χ0n) is 14.5. The van der Waals surface area contributed by atoms with Crippen molar-refractivity contribution in [3.8, 4) is 0 Å². The zero-order valence-corrected chi connectivity index (χ0v) is 15.3. The van der Waals surface area contributed by atoms with Crippen LogP contribution in [0.15, 0.2) is 24.3 Å². The topological polar surface area (TPSA) is 78.5 Å². The van der Waals surface area contributed by atoms with Gasteiger partial charge in [0, 0.05) is 36.3 Å². The van der Waals surface area contributed by atoms with Crippen molar-refractivity contribution in [2.24, 2.45) is 5.92 Å². The number of halogens is 1. The predicted molar refractivity (Wildman–Crippen MR) is 97.4 cm³/mol. The summed E-state index contributed by atoms with van der Waals surface area (Å²) >= 11 is 5.86. The van der Waals surface area contributed by atoms with Gasteiger partial charge in [0.1, 0.15) is 5.92 Å². The van der Waals surface area contributed by atoms with E-state index < -0.39 is 5.92 Å². The second kappa shape index (κ2) is 8.85. The molecular formula is C18H24ClN3O3. The smallest absolute Gasteiger partial charge is 0.239 e. The molecular weight excluding hydrogens is 342 g/mol. The van der Waals surface area contributed by atoms with Gasteiger partial charge in [0.05, 0.1) is 0 Å². The van der Waals surface area contributed by atoms with Crippen molar-refractivity contribution in [2.75, 3.05) is 18.0 Å². The molecule has 3 amide bonds. The summed E-state index contributed by atoms with van der Waals surface area (Å²) in [5.74, 6) is -1.34. The maximum Gasteiger partial charge on any atom is 0.239 e. The molecule has 2 rings (SSSR count).